The van der Waals surface area contributed by atoms with E-state index in [0.717, 1.165) is 6.42 Å². The normalized spacial score (nSPS) is 32.2. The Hall–Kier alpha value is -1.17. The van der Waals surface area contributed by atoms with Gasteiger partial charge < -0.3 is 20.4 Å². The summed E-state index contributed by atoms with van der Waals surface area (Å²) in [5, 5.41) is 38.3. The van der Waals surface area contributed by atoms with E-state index in [1.54, 1.807) is 12.2 Å². The molecule has 1 fully saturated rings. The molecule has 0 bridgehead atoms. The lowest BCUT2D eigenvalue weighted by atomic mass is 9.90. The fourth-order valence-corrected chi connectivity index (χ4v) is 2.60. The van der Waals surface area contributed by atoms with Gasteiger partial charge in [-0.3, -0.25) is 4.79 Å². The first-order chi connectivity index (χ1) is 9.45. The van der Waals surface area contributed by atoms with E-state index in [4.69, 9.17) is 5.11 Å². The number of carbonyl (C=O) groups is 1. The van der Waals surface area contributed by atoms with Gasteiger partial charge in [0.15, 0.2) is 0 Å². The number of carboxylic acid groups (broad SMARTS) is 1. The Morgan fingerprint density at radius 1 is 1.30 bits per heavy atom. The number of carboxylic acids is 1. The molecule has 0 heterocycles. The summed E-state index contributed by atoms with van der Waals surface area (Å²) in [6.45, 7) is 2.01. The van der Waals surface area contributed by atoms with Crippen LogP contribution in [0.25, 0.3) is 0 Å². The molecule has 0 aromatic carbocycles. The number of hydrogen-bond donors (Lipinski definition) is 4. The van der Waals surface area contributed by atoms with Crippen LogP contribution in [-0.4, -0.2) is 44.7 Å². The van der Waals surface area contributed by atoms with E-state index in [2.05, 4.69) is 0 Å². The maximum absolute atomic E-state index is 10.8. The van der Waals surface area contributed by atoms with Crippen molar-refractivity contribution >= 4 is 5.97 Å². The number of hydrogen-bond acceptors (Lipinski definition) is 4. The minimum atomic E-state index is -0.993. The van der Waals surface area contributed by atoms with E-state index in [9.17, 15) is 20.1 Å². The SMILES string of the molecule is CC/C=C\C[C@H](O)/C=C/[C@H]1[C@@H](CC(=O)O)[C@@H](O)C[C@H]1O. The topological polar surface area (TPSA) is 98.0 Å². The molecule has 0 radical (unpaired) electrons. The third-order valence-electron chi connectivity index (χ3n) is 3.66. The summed E-state index contributed by atoms with van der Waals surface area (Å²) >= 11 is 0. The zero-order chi connectivity index (χ0) is 15.1. The standard InChI is InChI=1S/C15H24O5/c1-2-3-4-5-10(16)6-7-11-12(8-15(19)20)14(18)9-13(11)17/h3-4,6-7,10-14,16-18H,2,5,8-9H2,1H3,(H,19,20)/b4-3-,7-6+/t10-,11-,12+,13+,14-/m0/s1. The first kappa shape index (κ1) is 16.9. The largest absolute Gasteiger partial charge is 0.481 e. The average molecular weight is 284 g/mol. The molecule has 114 valence electrons. The van der Waals surface area contributed by atoms with Crippen molar-refractivity contribution in [3.63, 3.8) is 0 Å². The van der Waals surface area contributed by atoms with Gasteiger partial charge in [0, 0.05) is 18.3 Å². The minimum absolute atomic E-state index is 0.179. The van der Waals surface area contributed by atoms with Crippen LogP contribution in [0.3, 0.4) is 0 Å². The average Bonchev–Trinajstić information content (AvgIpc) is 2.62. The predicted octanol–water partition coefficient (Wildman–Crippen LogP) is 1.09. The summed E-state index contributed by atoms with van der Waals surface area (Å²) in [5.74, 6) is -1.92. The van der Waals surface area contributed by atoms with Gasteiger partial charge in [-0.05, 0) is 12.8 Å². The summed E-state index contributed by atoms with van der Waals surface area (Å²) in [7, 11) is 0. The highest BCUT2D eigenvalue weighted by Gasteiger charge is 2.41. The fraction of sp³-hybridized carbons (Fsp3) is 0.667. The Labute approximate surface area is 119 Å². The minimum Gasteiger partial charge on any atom is -0.481 e. The maximum atomic E-state index is 10.8. The molecule has 1 aliphatic rings. The number of aliphatic hydroxyl groups is 3. The second-order valence-electron chi connectivity index (χ2n) is 5.28. The quantitative estimate of drug-likeness (QED) is 0.525. The van der Waals surface area contributed by atoms with Gasteiger partial charge in [-0.15, -0.1) is 0 Å². The van der Waals surface area contributed by atoms with Crippen LogP contribution in [0, 0.1) is 11.8 Å². The van der Waals surface area contributed by atoms with Gasteiger partial charge >= 0.3 is 5.97 Å². The van der Waals surface area contributed by atoms with Gasteiger partial charge in [0.1, 0.15) is 0 Å². The summed E-state index contributed by atoms with van der Waals surface area (Å²) in [4.78, 5) is 10.8. The van der Waals surface area contributed by atoms with Crippen molar-refractivity contribution in [3.05, 3.63) is 24.3 Å². The Balaban J connectivity index is 2.62. The molecule has 1 saturated carbocycles. The smallest absolute Gasteiger partial charge is 0.303 e. The lowest BCUT2D eigenvalue weighted by molar-refractivity contribution is -0.139. The number of allylic oxidation sites excluding steroid dienone is 1. The molecular weight excluding hydrogens is 260 g/mol. The van der Waals surface area contributed by atoms with Crippen LogP contribution in [-0.2, 0) is 4.79 Å². The van der Waals surface area contributed by atoms with E-state index in [1.807, 2.05) is 19.1 Å². The van der Waals surface area contributed by atoms with Crippen LogP contribution in [0.5, 0.6) is 0 Å². The van der Waals surface area contributed by atoms with Gasteiger partial charge in [0.25, 0.3) is 0 Å². The fourth-order valence-electron chi connectivity index (χ4n) is 2.60. The van der Waals surface area contributed by atoms with Crippen LogP contribution in [0.4, 0.5) is 0 Å². The Kier molecular flexibility index (Phi) is 6.91. The summed E-state index contributed by atoms with van der Waals surface area (Å²) < 4.78 is 0. The van der Waals surface area contributed by atoms with E-state index in [0.29, 0.717) is 6.42 Å². The summed E-state index contributed by atoms with van der Waals surface area (Å²) in [6, 6.07) is 0. The zero-order valence-electron chi connectivity index (χ0n) is 11.7. The summed E-state index contributed by atoms with van der Waals surface area (Å²) in [6.07, 6.45) is 6.20. The van der Waals surface area contributed by atoms with E-state index in [1.165, 1.54) is 0 Å². The van der Waals surface area contributed by atoms with Gasteiger partial charge in [-0.25, -0.2) is 0 Å². The molecule has 0 aliphatic heterocycles. The highest BCUT2D eigenvalue weighted by Crippen LogP contribution is 2.36. The molecule has 0 aromatic heterocycles. The third kappa shape index (κ3) is 5.07. The molecular formula is C15H24O5. The highest BCUT2D eigenvalue weighted by molar-refractivity contribution is 5.67. The Morgan fingerprint density at radius 3 is 2.60 bits per heavy atom. The molecule has 4 N–H and O–H groups in total. The molecule has 1 rings (SSSR count). The summed E-state index contributed by atoms with van der Waals surface area (Å²) in [5.41, 5.74) is 0. The molecule has 5 nitrogen and oxygen atoms in total. The van der Waals surface area contributed by atoms with Crippen molar-refractivity contribution in [2.45, 2.75) is 50.9 Å². The van der Waals surface area contributed by atoms with Crippen molar-refractivity contribution in [1.29, 1.82) is 0 Å². The van der Waals surface area contributed by atoms with Crippen LogP contribution in [0.15, 0.2) is 24.3 Å². The molecule has 1 aliphatic carbocycles. The monoisotopic (exact) mass is 284 g/mol. The van der Waals surface area contributed by atoms with Crippen LogP contribution in [0.2, 0.25) is 0 Å². The van der Waals surface area contributed by atoms with Crippen molar-refractivity contribution < 1.29 is 25.2 Å². The van der Waals surface area contributed by atoms with Crippen molar-refractivity contribution in [1.82, 2.24) is 0 Å². The molecule has 0 amide bonds. The predicted molar refractivity (Wildman–Crippen MR) is 75.1 cm³/mol. The highest BCUT2D eigenvalue weighted by atomic mass is 16.4. The van der Waals surface area contributed by atoms with Gasteiger partial charge in [0.2, 0.25) is 0 Å². The number of aliphatic hydroxyl groups excluding tert-OH is 3. The van der Waals surface area contributed by atoms with Gasteiger partial charge in [-0.1, -0.05) is 31.2 Å². The van der Waals surface area contributed by atoms with E-state index >= 15 is 0 Å². The molecule has 0 aromatic rings. The third-order valence-corrected chi connectivity index (χ3v) is 3.66. The Bertz CT molecular complexity index is 363. The molecule has 0 spiro atoms. The van der Waals surface area contributed by atoms with Gasteiger partial charge in [0.05, 0.1) is 24.7 Å². The van der Waals surface area contributed by atoms with Crippen LogP contribution < -0.4 is 0 Å². The van der Waals surface area contributed by atoms with E-state index < -0.39 is 36.1 Å². The maximum Gasteiger partial charge on any atom is 0.303 e. The molecule has 0 unspecified atom stereocenters. The first-order valence-corrected chi connectivity index (χ1v) is 7.05. The Morgan fingerprint density at radius 2 is 2.00 bits per heavy atom. The van der Waals surface area contributed by atoms with Gasteiger partial charge in [-0.2, -0.15) is 0 Å². The number of rotatable bonds is 7. The van der Waals surface area contributed by atoms with Crippen molar-refractivity contribution in [2.75, 3.05) is 0 Å². The molecule has 0 saturated heterocycles. The molecule has 20 heavy (non-hydrogen) atoms. The first-order valence-electron chi connectivity index (χ1n) is 7.05. The lowest BCUT2D eigenvalue weighted by Crippen LogP contribution is -2.23. The second-order valence-corrected chi connectivity index (χ2v) is 5.28. The molecule has 5 atom stereocenters. The lowest BCUT2D eigenvalue weighted by Gasteiger charge is -2.19. The van der Waals surface area contributed by atoms with Crippen molar-refractivity contribution in [3.8, 4) is 0 Å². The van der Waals surface area contributed by atoms with E-state index in [-0.39, 0.29) is 12.8 Å². The zero-order valence-corrected chi connectivity index (χ0v) is 11.7. The second kappa shape index (κ2) is 8.19. The van der Waals surface area contributed by atoms with Crippen LogP contribution in [0.1, 0.15) is 32.6 Å². The number of aliphatic carboxylic acids is 1. The van der Waals surface area contributed by atoms with Crippen molar-refractivity contribution in [2.24, 2.45) is 11.8 Å². The van der Waals surface area contributed by atoms with Crippen LogP contribution >= 0.6 is 0 Å². The molecule has 5 heteroatoms.